The molecule has 2 N–H and O–H groups in total. The summed E-state index contributed by atoms with van der Waals surface area (Å²) in [5, 5.41) is 13.8. The number of fused-ring (bicyclic) bond motifs is 1. The minimum atomic E-state index is -0.689. The normalized spacial score (nSPS) is 14.3. The van der Waals surface area contributed by atoms with Crippen LogP contribution in [-0.2, 0) is 17.6 Å². The van der Waals surface area contributed by atoms with E-state index in [1.807, 2.05) is 42.5 Å². The lowest BCUT2D eigenvalue weighted by molar-refractivity contribution is -0.121. The second kappa shape index (κ2) is 7.89. The number of carbonyl (C=O) groups is 1. The Labute approximate surface area is 153 Å². The number of benzene rings is 2. The molecule has 3 rings (SSSR count). The molecule has 0 saturated carbocycles. The molecule has 1 aliphatic rings. The minimum absolute atomic E-state index is 0.0695. The third-order valence-corrected chi connectivity index (χ3v) is 4.87. The SMILES string of the molecule is CN1CCc2cc(C(O)CNC(=O)CCc3cccc(Cl)c3)ccc21. The largest absolute Gasteiger partial charge is 0.387 e. The van der Waals surface area contributed by atoms with E-state index >= 15 is 0 Å². The molecule has 0 aromatic heterocycles. The van der Waals surface area contributed by atoms with Gasteiger partial charge in [0, 0.05) is 37.3 Å². The van der Waals surface area contributed by atoms with Gasteiger partial charge >= 0.3 is 0 Å². The van der Waals surface area contributed by atoms with E-state index in [-0.39, 0.29) is 12.5 Å². The summed E-state index contributed by atoms with van der Waals surface area (Å²) in [5.41, 5.74) is 4.36. The molecule has 0 aliphatic carbocycles. The van der Waals surface area contributed by atoms with Crippen LogP contribution in [-0.4, -0.2) is 31.2 Å². The summed E-state index contributed by atoms with van der Waals surface area (Å²) in [4.78, 5) is 14.2. The van der Waals surface area contributed by atoms with Crippen molar-refractivity contribution >= 4 is 23.2 Å². The number of hydrogen-bond donors (Lipinski definition) is 2. The van der Waals surface area contributed by atoms with Crippen LogP contribution < -0.4 is 10.2 Å². The fourth-order valence-electron chi connectivity index (χ4n) is 3.16. The molecular weight excluding hydrogens is 336 g/mol. The molecule has 1 aliphatic heterocycles. The van der Waals surface area contributed by atoms with Crippen molar-refractivity contribution in [2.24, 2.45) is 0 Å². The molecule has 2 aromatic carbocycles. The standard InChI is InChI=1S/C20H23ClN2O2/c1-23-10-9-15-12-16(6-7-18(15)23)19(24)13-22-20(25)8-5-14-3-2-4-17(21)11-14/h2-4,6-7,11-12,19,24H,5,8-10,13H2,1H3,(H,22,25). The lowest BCUT2D eigenvalue weighted by Gasteiger charge is -2.15. The minimum Gasteiger partial charge on any atom is -0.387 e. The van der Waals surface area contributed by atoms with Gasteiger partial charge < -0.3 is 15.3 Å². The quantitative estimate of drug-likeness (QED) is 0.834. The third-order valence-electron chi connectivity index (χ3n) is 4.64. The Morgan fingerprint density at radius 3 is 2.96 bits per heavy atom. The predicted octanol–water partition coefficient (Wildman–Crippen LogP) is 3.11. The first kappa shape index (κ1) is 17.8. The highest BCUT2D eigenvalue weighted by Crippen LogP contribution is 2.29. The number of anilines is 1. The molecule has 0 bridgehead atoms. The van der Waals surface area contributed by atoms with Crippen LogP contribution in [0.5, 0.6) is 0 Å². The number of carbonyl (C=O) groups excluding carboxylic acids is 1. The molecule has 132 valence electrons. The Morgan fingerprint density at radius 1 is 1.32 bits per heavy atom. The lowest BCUT2D eigenvalue weighted by Crippen LogP contribution is -2.28. The van der Waals surface area contributed by atoms with E-state index in [1.54, 1.807) is 0 Å². The number of amides is 1. The molecule has 0 spiro atoms. The van der Waals surface area contributed by atoms with Gasteiger partial charge in [-0.3, -0.25) is 4.79 Å². The van der Waals surface area contributed by atoms with Crippen LogP contribution in [0, 0.1) is 0 Å². The summed E-state index contributed by atoms with van der Waals surface area (Å²) in [6, 6.07) is 13.5. The summed E-state index contributed by atoms with van der Waals surface area (Å²) < 4.78 is 0. The van der Waals surface area contributed by atoms with E-state index in [4.69, 9.17) is 11.6 Å². The van der Waals surface area contributed by atoms with Crippen molar-refractivity contribution in [3.63, 3.8) is 0 Å². The van der Waals surface area contributed by atoms with Crippen LogP contribution in [0.15, 0.2) is 42.5 Å². The summed E-state index contributed by atoms with van der Waals surface area (Å²) in [7, 11) is 2.07. The summed E-state index contributed by atoms with van der Waals surface area (Å²) >= 11 is 5.94. The highest BCUT2D eigenvalue weighted by molar-refractivity contribution is 6.30. The number of halogens is 1. The molecule has 1 unspecified atom stereocenters. The fraction of sp³-hybridized carbons (Fsp3) is 0.350. The molecule has 0 radical (unpaired) electrons. The fourth-order valence-corrected chi connectivity index (χ4v) is 3.37. The number of hydrogen-bond acceptors (Lipinski definition) is 3. The number of nitrogens with one attached hydrogen (secondary N) is 1. The van der Waals surface area contributed by atoms with E-state index in [1.165, 1.54) is 11.3 Å². The summed E-state index contributed by atoms with van der Waals surface area (Å²) in [5.74, 6) is -0.0695. The zero-order valence-corrected chi connectivity index (χ0v) is 15.1. The Bertz CT molecular complexity index is 763. The second-order valence-corrected chi connectivity index (χ2v) is 6.95. The van der Waals surface area contributed by atoms with Crippen molar-refractivity contribution < 1.29 is 9.90 Å². The lowest BCUT2D eigenvalue weighted by atomic mass is 10.0. The van der Waals surface area contributed by atoms with Gasteiger partial charge in [-0.25, -0.2) is 0 Å². The van der Waals surface area contributed by atoms with Crippen LogP contribution in [0.3, 0.4) is 0 Å². The van der Waals surface area contributed by atoms with Gasteiger partial charge in [0.15, 0.2) is 0 Å². The molecule has 0 fully saturated rings. The van der Waals surface area contributed by atoms with Gasteiger partial charge in [-0.15, -0.1) is 0 Å². The van der Waals surface area contributed by atoms with Crippen molar-refractivity contribution in [3.05, 3.63) is 64.2 Å². The number of aliphatic hydroxyl groups excluding tert-OH is 1. The summed E-state index contributed by atoms with van der Waals surface area (Å²) in [6.07, 6.45) is 1.32. The van der Waals surface area contributed by atoms with Gasteiger partial charge in [0.1, 0.15) is 0 Å². The van der Waals surface area contributed by atoms with Crippen LogP contribution in [0.4, 0.5) is 5.69 Å². The van der Waals surface area contributed by atoms with Crippen molar-refractivity contribution in [1.82, 2.24) is 5.32 Å². The topological polar surface area (TPSA) is 52.6 Å². The number of rotatable bonds is 6. The third kappa shape index (κ3) is 4.53. The van der Waals surface area contributed by atoms with E-state index in [2.05, 4.69) is 17.3 Å². The second-order valence-electron chi connectivity index (χ2n) is 6.51. The highest BCUT2D eigenvalue weighted by Gasteiger charge is 2.18. The Kier molecular flexibility index (Phi) is 5.61. The molecular formula is C20H23ClN2O2. The molecule has 1 heterocycles. The molecule has 0 saturated heterocycles. The number of likely N-dealkylation sites (N-methyl/N-ethyl adjacent to an activating group) is 1. The van der Waals surface area contributed by atoms with Crippen LogP contribution in [0.2, 0.25) is 5.02 Å². The molecule has 25 heavy (non-hydrogen) atoms. The highest BCUT2D eigenvalue weighted by atomic mass is 35.5. The Morgan fingerprint density at radius 2 is 2.16 bits per heavy atom. The Balaban J connectivity index is 1.48. The van der Waals surface area contributed by atoms with E-state index in [0.29, 0.717) is 17.9 Å². The van der Waals surface area contributed by atoms with Gasteiger partial charge in [-0.2, -0.15) is 0 Å². The monoisotopic (exact) mass is 358 g/mol. The maximum Gasteiger partial charge on any atom is 0.220 e. The van der Waals surface area contributed by atoms with Crippen LogP contribution in [0.1, 0.15) is 29.2 Å². The van der Waals surface area contributed by atoms with Crippen molar-refractivity contribution in [2.75, 3.05) is 25.0 Å². The first-order valence-corrected chi connectivity index (χ1v) is 8.94. The van der Waals surface area contributed by atoms with Crippen molar-refractivity contribution in [1.29, 1.82) is 0 Å². The zero-order chi connectivity index (χ0) is 17.8. The maximum absolute atomic E-state index is 12.0. The van der Waals surface area contributed by atoms with Crippen molar-refractivity contribution in [2.45, 2.75) is 25.4 Å². The van der Waals surface area contributed by atoms with E-state index in [9.17, 15) is 9.90 Å². The van der Waals surface area contributed by atoms with Gasteiger partial charge in [0.05, 0.1) is 6.10 Å². The number of aliphatic hydroxyl groups is 1. The maximum atomic E-state index is 12.0. The smallest absolute Gasteiger partial charge is 0.220 e. The summed E-state index contributed by atoms with van der Waals surface area (Å²) in [6.45, 7) is 1.23. The van der Waals surface area contributed by atoms with Crippen LogP contribution in [0.25, 0.3) is 0 Å². The van der Waals surface area contributed by atoms with Gasteiger partial charge in [-0.1, -0.05) is 35.9 Å². The molecule has 2 aromatic rings. The Hall–Kier alpha value is -2.04. The molecule has 1 atom stereocenters. The molecule has 1 amide bonds. The van der Waals surface area contributed by atoms with E-state index < -0.39 is 6.10 Å². The first-order valence-electron chi connectivity index (χ1n) is 8.56. The number of nitrogens with zero attached hydrogens (tertiary/aromatic N) is 1. The zero-order valence-electron chi connectivity index (χ0n) is 14.3. The van der Waals surface area contributed by atoms with Gasteiger partial charge in [-0.05, 0) is 47.7 Å². The average molecular weight is 359 g/mol. The van der Waals surface area contributed by atoms with Crippen LogP contribution >= 0.6 is 11.6 Å². The average Bonchev–Trinajstić information content (AvgIpc) is 2.98. The number of aryl methyl sites for hydroxylation is 1. The molecule has 5 heteroatoms. The predicted molar refractivity (Wildman–Crippen MR) is 101 cm³/mol. The molecule has 4 nitrogen and oxygen atoms in total. The van der Waals surface area contributed by atoms with Crippen molar-refractivity contribution in [3.8, 4) is 0 Å². The van der Waals surface area contributed by atoms with Gasteiger partial charge in [0.2, 0.25) is 5.91 Å². The van der Waals surface area contributed by atoms with E-state index in [0.717, 1.165) is 24.1 Å². The first-order chi connectivity index (χ1) is 12.0. The van der Waals surface area contributed by atoms with Gasteiger partial charge in [0.25, 0.3) is 0 Å².